The summed E-state index contributed by atoms with van der Waals surface area (Å²) >= 11 is 0. The molecule has 1 saturated heterocycles. The molecule has 1 fully saturated rings. The van der Waals surface area contributed by atoms with Crippen LogP contribution in [0.2, 0.25) is 0 Å². The fourth-order valence-corrected chi connectivity index (χ4v) is 6.48. The number of benzene rings is 3. The van der Waals surface area contributed by atoms with Gasteiger partial charge in [-0.05, 0) is 46.2 Å². The first kappa shape index (κ1) is 34.6. The highest BCUT2D eigenvalue weighted by atomic mass is 32.2. The Balaban J connectivity index is 1.44. The van der Waals surface area contributed by atoms with E-state index in [-0.39, 0.29) is 17.1 Å². The summed E-state index contributed by atoms with van der Waals surface area (Å²) < 4.78 is 37.2. The first-order valence-electron chi connectivity index (χ1n) is 15.5. The summed E-state index contributed by atoms with van der Waals surface area (Å²) in [5.41, 5.74) is 3.81. The Bertz CT molecular complexity index is 1920. The molecule has 1 aliphatic rings. The zero-order valence-electron chi connectivity index (χ0n) is 27.7. The Morgan fingerprint density at radius 2 is 1.69 bits per heavy atom. The fourth-order valence-electron chi connectivity index (χ4n) is 5.64. The van der Waals surface area contributed by atoms with E-state index in [4.69, 9.17) is 14.5 Å². The third-order valence-corrected chi connectivity index (χ3v) is 9.26. The molecule has 4 aromatic rings. The van der Waals surface area contributed by atoms with Crippen LogP contribution in [0.15, 0.2) is 66.9 Å². The molecule has 1 aliphatic heterocycles. The largest absolute Gasteiger partial charge is 0.492 e. The van der Waals surface area contributed by atoms with Crippen molar-refractivity contribution in [2.75, 3.05) is 61.2 Å². The molecular weight excluding hydrogens is 634 g/mol. The predicted octanol–water partition coefficient (Wildman–Crippen LogP) is 5.53. The van der Waals surface area contributed by atoms with Crippen LogP contribution in [0, 0.1) is 0 Å². The molecule has 0 spiro atoms. The van der Waals surface area contributed by atoms with E-state index in [1.54, 1.807) is 12.1 Å². The van der Waals surface area contributed by atoms with Crippen molar-refractivity contribution in [3.05, 3.63) is 78.1 Å². The number of sulfonamides is 1. The number of hydrogen-bond donors (Lipinski definition) is 3. The number of nitrogens with zero attached hydrogens (tertiary/aromatic N) is 3. The highest BCUT2D eigenvalue weighted by Gasteiger charge is 2.29. The molecule has 0 radical (unpaired) electrons. The van der Waals surface area contributed by atoms with E-state index in [2.05, 4.69) is 21.6 Å². The molecule has 1 aromatic heterocycles. The number of carboxylic acids is 1. The van der Waals surface area contributed by atoms with Crippen molar-refractivity contribution in [1.29, 1.82) is 0 Å². The molecule has 3 N–H and O–H groups in total. The molecule has 0 saturated carbocycles. The monoisotopic (exact) mass is 675 g/mol. The number of carbonyl (C=O) groups excluding carboxylic acids is 1. The molecule has 13 heteroatoms. The van der Waals surface area contributed by atoms with Gasteiger partial charge in [-0.2, -0.15) is 0 Å². The Kier molecular flexibility index (Phi) is 10.2. The Hall–Kier alpha value is -4.72. The molecule has 2 heterocycles. The van der Waals surface area contributed by atoms with E-state index in [1.807, 2.05) is 69.4 Å². The van der Waals surface area contributed by atoms with Crippen molar-refractivity contribution in [3.63, 3.8) is 0 Å². The number of morpholine rings is 1. The van der Waals surface area contributed by atoms with Crippen LogP contribution < -0.4 is 19.7 Å². The third-order valence-electron chi connectivity index (χ3n) is 8.13. The summed E-state index contributed by atoms with van der Waals surface area (Å²) in [6, 6.07) is 18.3. The van der Waals surface area contributed by atoms with E-state index in [1.165, 1.54) is 7.11 Å². The second kappa shape index (κ2) is 14.2. The molecule has 12 nitrogen and oxygen atoms in total. The minimum Gasteiger partial charge on any atom is -0.492 e. The normalized spacial score (nSPS) is 14.0. The number of rotatable bonds is 10. The summed E-state index contributed by atoms with van der Waals surface area (Å²) in [6.45, 7) is 8.94. The number of aromatic nitrogens is 1. The van der Waals surface area contributed by atoms with Gasteiger partial charge in [-0.15, -0.1) is 0 Å². The van der Waals surface area contributed by atoms with Gasteiger partial charge in [-0.3, -0.25) is 19.0 Å². The first-order chi connectivity index (χ1) is 22.7. The topological polar surface area (TPSA) is 150 Å². The summed E-state index contributed by atoms with van der Waals surface area (Å²) in [5.74, 6) is -1.33. The molecule has 254 valence electrons. The number of ether oxygens (including phenoxy) is 2. The van der Waals surface area contributed by atoms with Gasteiger partial charge in [-0.25, -0.2) is 13.2 Å². The van der Waals surface area contributed by atoms with Crippen LogP contribution in [0.5, 0.6) is 5.75 Å². The van der Waals surface area contributed by atoms with Crippen molar-refractivity contribution >= 4 is 49.9 Å². The Morgan fingerprint density at radius 3 is 2.29 bits per heavy atom. The third kappa shape index (κ3) is 8.04. The Morgan fingerprint density at radius 1 is 1.00 bits per heavy atom. The second-order valence-electron chi connectivity index (χ2n) is 12.7. The molecule has 0 unspecified atom stereocenters. The lowest BCUT2D eigenvalue weighted by Crippen LogP contribution is -2.35. The van der Waals surface area contributed by atoms with Gasteiger partial charge < -0.3 is 25.2 Å². The van der Waals surface area contributed by atoms with Gasteiger partial charge in [0.2, 0.25) is 10.0 Å². The van der Waals surface area contributed by atoms with E-state index in [0.717, 1.165) is 71.0 Å². The number of aliphatic carboxylic acids is 1. The van der Waals surface area contributed by atoms with Gasteiger partial charge in [0.05, 0.1) is 49.3 Å². The van der Waals surface area contributed by atoms with Gasteiger partial charge in [0.15, 0.2) is 5.75 Å². The molecular formula is C35H41N5O7S. The van der Waals surface area contributed by atoms with Crippen molar-refractivity contribution < 1.29 is 32.6 Å². The second-order valence-corrected chi connectivity index (χ2v) is 14.6. The van der Waals surface area contributed by atoms with Crippen molar-refractivity contribution in [1.82, 2.24) is 9.88 Å². The first-order valence-corrected chi connectivity index (χ1v) is 17.4. The van der Waals surface area contributed by atoms with E-state index in [0.29, 0.717) is 11.3 Å². The zero-order valence-corrected chi connectivity index (χ0v) is 28.6. The molecule has 5 rings (SSSR count). The number of pyridine rings is 1. The smallest absolute Gasteiger partial charge is 0.324 e. The van der Waals surface area contributed by atoms with E-state index < -0.39 is 34.0 Å². The van der Waals surface area contributed by atoms with Crippen LogP contribution in [-0.4, -0.2) is 81.6 Å². The van der Waals surface area contributed by atoms with Crippen molar-refractivity contribution in [2.45, 2.75) is 32.7 Å². The quantitative estimate of drug-likeness (QED) is 0.197. The SMILES string of the molecule is COc1c(NC(=O)Nc2ccc(-c3ccc(CN4CCOCC4)nc3)c3ccccc23)cc(C(C)(C)C)cc1N(CC(=O)O)S(C)(=O)=O. The minimum absolute atomic E-state index is 0.00417. The maximum absolute atomic E-state index is 13.5. The van der Waals surface area contributed by atoms with Gasteiger partial charge >= 0.3 is 12.0 Å². The lowest BCUT2D eigenvalue weighted by Gasteiger charge is -2.28. The molecule has 2 amide bonds. The number of carboxylic acid groups (broad SMARTS) is 1. The highest BCUT2D eigenvalue weighted by molar-refractivity contribution is 7.92. The maximum Gasteiger partial charge on any atom is 0.324 e. The summed E-state index contributed by atoms with van der Waals surface area (Å²) in [4.78, 5) is 32.2. The lowest BCUT2D eigenvalue weighted by atomic mass is 9.86. The number of fused-ring (bicyclic) bond motifs is 1. The van der Waals surface area contributed by atoms with Crippen LogP contribution in [0.25, 0.3) is 21.9 Å². The molecule has 0 atom stereocenters. The van der Waals surface area contributed by atoms with Crippen molar-refractivity contribution in [3.8, 4) is 16.9 Å². The van der Waals surface area contributed by atoms with Crippen LogP contribution in [0.4, 0.5) is 21.9 Å². The van der Waals surface area contributed by atoms with Gasteiger partial charge in [0.25, 0.3) is 0 Å². The van der Waals surface area contributed by atoms with E-state index >= 15 is 0 Å². The van der Waals surface area contributed by atoms with Gasteiger partial charge in [0.1, 0.15) is 6.54 Å². The standard InChI is InChI=1S/C35H41N5O7S/c1-35(2,3)24-18-30(33(46-4)31(19-24)40(22-32(41)42)48(5,44)45)38-34(43)37-29-13-12-26(27-8-6-7-9-28(27)29)23-10-11-25(36-20-23)21-39-14-16-47-17-15-39/h6-13,18-20H,14-17,21-22H2,1-5H3,(H,41,42)(H2,37,38,43). The predicted molar refractivity (Wildman–Crippen MR) is 187 cm³/mol. The number of hydrogen-bond acceptors (Lipinski definition) is 8. The number of carbonyl (C=O) groups is 2. The maximum atomic E-state index is 13.5. The van der Waals surface area contributed by atoms with Crippen LogP contribution in [0.3, 0.4) is 0 Å². The summed E-state index contributed by atoms with van der Waals surface area (Å²) in [5, 5.41) is 17.0. The number of methoxy groups -OCH3 is 1. The lowest BCUT2D eigenvalue weighted by molar-refractivity contribution is -0.135. The average molecular weight is 676 g/mol. The number of nitrogens with one attached hydrogen (secondary N) is 2. The number of amides is 2. The molecule has 0 bridgehead atoms. The zero-order chi connectivity index (χ0) is 34.6. The highest BCUT2D eigenvalue weighted by Crippen LogP contribution is 2.42. The fraction of sp³-hybridized carbons (Fsp3) is 0.343. The van der Waals surface area contributed by atoms with Crippen LogP contribution in [-0.2, 0) is 31.5 Å². The molecule has 3 aromatic carbocycles. The van der Waals surface area contributed by atoms with Gasteiger partial charge in [-0.1, -0.05) is 57.2 Å². The van der Waals surface area contributed by atoms with Crippen molar-refractivity contribution in [2.24, 2.45) is 0 Å². The summed E-state index contributed by atoms with van der Waals surface area (Å²) in [6.07, 6.45) is 2.79. The van der Waals surface area contributed by atoms with Crippen LogP contribution in [0.1, 0.15) is 32.0 Å². The molecule has 48 heavy (non-hydrogen) atoms. The van der Waals surface area contributed by atoms with Gasteiger partial charge in [0, 0.05) is 36.8 Å². The summed E-state index contributed by atoms with van der Waals surface area (Å²) in [7, 11) is -2.70. The average Bonchev–Trinajstić information content (AvgIpc) is 3.03. The number of urea groups is 1. The minimum atomic E-state index is -4.03. The van der Waals surface area contributed by atoms with E-state index in [9.17, 15) is 23.1 Å². The Labute approximate surface area is 280 Å². The number of anilines is 3. The molecule has 0 aliphatic carbocycles. The van der Waals surface area contributed by atoms with Crippen LogP contribution >= 0.6 is 0 Å².